The van der Waals surface area contributed by atoms with Crippen molar-refractivity contribution in [2.45, 2.75) is 58.8 Å². The number of hydrogen-bond donors (Lipinski definition) is 2. The number of aliphatic carboxylic acids is 2. The Kier molecular flexibility index (Phi) is 5.78. The molecule has 0 amide bonds. The summed E-state index contributed by atoms with van der Waals surface area (Å²) in [5.74, 6) is -5.01. The molecule has 1 aromatic rings. The van der Waals surface area contributed by atoms with Crippen molar-refractivity contribution in [1.29, 1.82) is 0 Å². The van der Waals surface area contributed by atoms with Gasteiger partial charge >= 0.3 is 11.9 Å². The molecular weight excluding hydrogens is 397 g/mol. The fourth-order valence-electron chi connectivity index (χ4n) is 5.28. The maximum absolute atomic E-state index is 14.4. The summed E-state index contributed by atoms with van der Waals surface area (Å²) in [5.41, 5.74) is -2.55. The zero-order valence-electron chi connectivity index (χ0n) is 17.3. The molecular formula is C23H27F3O4. The first-order chi connectivity index (χ1) is 13.9. The van der Waals surface area contributed by atoms with Gasteiger partial charge in [0.1, 0.15) is 11.2 Å². The normalized spacial score (nSPS) is 29.2. The highest BCUT2D eigenvalue weighted by atomic mass is 19.3. The van der Waals surface area contributed by atoms with Crippen molar-refractivity contribution >= 4 is 11.9 Å². The van der Waals surface area contributed by atoms with Crippen LogP contribution in [0.4, 0.5) is 13.2 Å². The number of benzene rings is 1. The molecule has 3 rings (SSSR count). The van der Waals surface area contributed by atoms with Crippen molar-refractivity contribution < 1.29 is 33.0 Å². The molecule has 0 bridgehead atoms. The average Bonchev–Trinajstić information content (AvgIpc) is 3.44. The first-order valence-electron chi connectivity index (χ1n) is 10.2. The first-order valence-corrected chi connectivity index (χ1v) is 10.2. The molecule has 0 heterocycles. The van der Waals surface area contributed by atoms with Crippen molar-refractivity contribution in [3.8, 4) is 0 Å². The summed E-state index contributed by atoms with van der Waals surface area (Å²) in [6, 6.07) is 4.25. The number of hydrogen-bond acceptors (Lipinski definition) is 2. The van der Waals surface area contributed by atoms with Crippen LogP contribution in [0.3, 0.4) is 0 Å². The SMILES string of the molecule is CC(C)c1ccc(F)cc1CC1=CC(C)(C(=O)O)C(C2CC2)C(C(=O)O)(C(F)F)C1. The van der Waals surface area contributed by atoms with Crippen LogP contribution in [0.1, 0.15) is 57.1 Å². The van der Waals surface area contributed by atoms with Gasteiger partial charge in [0.15, 0.2) is 0 Å². The summed E-state index contributed by atoms with van der Waals surface area (Å²) >= 11 is 0. The van der Waals surface area contributed by atoms with Crippen molar-refractivity contribution in [3.05, 3.63) is 46.8 Å². The quantitative estimate of drug-likeness (QED) is 0.585. The summed E-state index contributed by atoms with van der Waals surface area (Å²) in [4.78, 5) is 24.5. The minimum atomic E-state index is -3.22. The largest absolute Gasteiger partial charge is 0.481 e. The Balaban J connectivity index is 2.15. The fraction of sp³-hybridized carbons (Fsp3) is 0.565. The van der Waals surface area contributed by atoms with Gasteiger partial charge in [0.2, 0.25) is 0 Å². The number of allylic oxidation sites excluding steroid dienone is 1. The number of carbonyl (C=O) groups is 2. The van der Waals surface area contributed by atoms with E-state index >= 15 is 0 Å². The molecule has 3 unspecified atom stereocenters. The molecule has 1 aromatic carbocycles. The van der Waals surface area contributed by atoms with Gasteiger partial charge in [-0.2, -0.15) is 0 Å². The first kappa shape index (κ1) is 22.4. The predicted octanol–water partition coefficient (Wildman–Crippen LogP) is 5.27. The van der Waals surface area contributed by atoms with E-state index in [0.29, 0.717) is 24.0 Å². The standard InChI is InChI=1S/C23H27F3O4/c1-12(2)17-7-6-16(24)9-15(17)8-13-10-22(3,20(27)28)18(14-4-5-14)23(11-13,19(25)26)21(29)30/h6-7,9-10,12,14,18-19H,4-5,8,11H2,1-3H3,(H,27,28)(H,29,30). The summed E-state index contributed by atoms with van der Waals surface area (Å²) in [7, 11) is 0. The van der Waals surface area contributed by atoms with E-state index in [1.165, 1.54) is 25.1 Å². The van der Waals surface area contributed by atoms with Crippen molar-refractivity contribution in [3.63, 3.8) is 0 Å². The van der Waals surface area contributed by atoms with Gasteiger partial charge in [0.25, 0.3) is 6.43 Å². The van der Waals surface area contributed by atoms with Gasteiger partial charge in [-0.15, -0.1) is 0 Å². The van der Waals surface area contributed by atoms with E-state index in [1.54, 1.807) is 6.07 Å². The lowest BCUT2D eigenvalue weighted by Gasteiger charge is -2.48. The van der Waals surface area contributed by atoms with Crippen molar-refractivity contribution in [2.75, 3.05) is 0 Å². The molecule has 7 heteroatoms. The Morgan fingerprint density at radius 3 is 2.27 bits per heavy atom. The molecule has 3 atom stereocenters. The summed E-state index contributed by atoms with van der Waals surface area (Å²) in [5, 5.41) is 19.9. The smallest absolute Gasteiger partial charge is 0.316 e. The highest BCUT2D eigenvalue weighted by Crippen LogP contribution is 2.62. The van der Waals surface area contributed by atoms with Crippen molar-refractivity contribution in [1.82, 2.24) is 0 Å². The molecule has 0 aliphatic heterocycles. The topological polar surface area (TPSA) is 74.6 Å². The number of carboxylic acids is 2. The zero-order chi connectivity index (χ0) is 22.4. The second kappa shape index (κ2) is 7.75. The van der Waals surface area contributed by atoms with Crippen LogP contribution in [0.15, 0.2) is 29.8 Å². The third-order valence-corrected chi connectivity index (χ3v) is 6.71. The van der Waals surface area contributed by atoms with E-state index in [2.05, 4.69) is 0 Å². The lowest BCUT2D eigenvalue weighted by Crippen LogP contribution is -2.56. The number of alkyl halides is 2. The maximum atomic E-state index is 14.4. The molecule has 1 saturated carbocycles. The number of halogens is 3. The molecule has 1 fully saturated rings. The van der Waals surface area contributed by atoms with Crippen LogP contribution in [0.25, 0.3) is 0 Å². The Morgan fingerprint density at radius 2 is 1.80 bits per heavy atom. The van der Waals surface area contributed by atoms with Gasteiger partial charge in [0.05, 0.1) is 5.41 Å². The third kappa shape index (κ3) is 3.63. The summed E-state index contributed by atoms with van der Waals surface area (Å²) in [6.45, 7) is 5.17. The Morgan fingerprint density at radius 1 is 1.17 bits per heavy atom. The van der Waals surface area contributed by atoms with Crippen molar-refractivity contribution in [2.24, 2.45) is 22.7 Å². The molecule has 2 N–H and O–H groups in total. The van der Waals surface area contributed by atoms with Gasteiger partial charge in [-0.25, -0.2) is 13.2 Å². The van der Waals surface area contributed by atoms with Crippen LogP contribution in [-0.4, -0.2) is 28.6 Å². The number of carboxylic acid groups (broad SMARTS) is 2. The molecule has 0 aromatic heterocycles. The maximum Gasteiger partial charge on any atom is 0.316 e. The Bertz CT molecular complexity index is 890. The minimum absolute atomic E-state index is 0.0350. The van der Waals surface area contributed by atoms with Gasteiger partial charge < -0.3 is 10.2 Å². The van der Waals surface area contributed by atoms with E-state index in [0.717, 1.165) is 5.56 Å². The van der Waals surface area contributed by atoms with Crippen LogP contribution in [0.2, 0.25) is 0 Å². The van der Waals surface area contributed by atoms with Gasteiger partial charge in [-0.3, -0.25) is 9.59 Å². The van der Waals surface area contributed by atoms with Crippen LogP contribution in [0.5, 0.6) is 0 Å². The van der Waals surface area contributed by atoms with Gasteiger partial charge in [-0.1, -0.05) is 31.6 Å². The molecule has 4 nitrogen and oxygen atoms in total. The third-order valence-electron chi connectivity index (χ3n) is 6.71. The zero-order valence-corrected chi connectivity index (χ0v) is 17.3. The van der Waals surface area contributed by atoms with E-state index in [9.17, 15) is 33.0 Å². The number of rotatable bonds is 7. The van der Waals surface area contributed by atoms with E-state index < -0.39 is 47.3 Å². The summed E-state index contributed by atoms with van der Waals surface area (Å²) in [6.07, 6.45) is -1.10. The van der Waals surface area contributed by atoms with Crippen LogP contribution < -0.4 is 0 Å². The fourth-order valence-corrected chi connectivity index (χ4v) is 5.28. The average molecular weight is 424 g/mol. The monoisotopic (exact) mass is 424 g/mol. The second-order valence-electron chi connectivity index (χ2n) is 9.20. The predicted molar refractivity (Wildman–Crippen MR) is 105 cm³/mol. The molecule has 2 aliphatic rings. The highest BCUT2D eigenvalue weighted by Gasteiger charge is 2.66. The van der Waals surface area contributed by atoms with E-state index in [1.807, 2.05) is 13.8 Å². The van der Waals surface area contributed by atoms with Crippen LogP contribution in [-0.2, 0) is 16.0 Å². The molecule has 30 heavy (non-hydrogen) atoms. The molecule has 0 radical (unpaired) electrons. The molecule has 0 saturated heterocycles. The van der Waals surface area contributed by atoms with Gasteiger partial charge in [0, 0.05) is 5.92 Å². The van der Waals surface area contributed by atoms with Gasteiger partial charge in [-0.05, 0) is 67.7 Å². The van der Waals surface area contributed by atoms with E-state index in [-0.39, 0.29) is 18.3 Å². The van der Waals surface area contributed by atoms with E-state index in [4.69, 9.17) is 0 Å². The molecule has 2 aliphatic carbocycles. The van der Waals surface area contributed by atoms with Crippen LogP contribution in [0, 0.1) is 28.5 Å². The molecule has 164 valence electrons. The summed E-state index contributed by atoms with van der Waals surface area (Å²) < 4.78 is 42.7. The van der Waals surface area contributed by atoms with Crippen LogP contribution >= 0.6 is 0 Å². The Labute approximate surface area is 173 Å². The highest BCUT2D eigenvalue weighted by molar-refractivity contribution is 5.83. The minimum Gasteiger partial charge on any atom is -0.481 e. The lowest BCUT2D eigenvalue weighted by molar-refractivity contribution is -0.181. The Hall–Kier alpha value is -2.31. The second-order valence-corrected chi connectivity index (χ2v) is 9.20. The lowest BCUT2D eigenvalue weighted by atomic mass is 9.54. The molecule has 0 spiro atoms.